The van der Waals surface area contributed by atoms with Crippen molar-refractivity contribution >= 4 is 17.5 Å². The van der Waals surface area contributed by atoms with Crippen molar-refractivity contribution in [3.8, 4) is 5.75 Å². The zero-order chi connectivity index (χ0) is 15.4. The lowest BCUT2D eigenvalue weighted by Crippen LogP contribution is -2.38. The molecule has 1 aromatic carbocycles. The van der Waals surface area contributed by atoms with Gasteiger partial charge in [-0.05, 0) is 42.7 Å². The predicted molar refractivity (Wildman–Crippen MR) is 84.0 cm³/mol. The molecule has 2 aromatic rings. The fourth-order valence-electron chi connectivity index (χ4n) is 2.56. The Bertz CT molecular complexity index is 643. The third kappa shape index (κ3) is 3.60. The maximum absolute atomic E-state index is 12.2. The molecule has 1 aromatic heterocycles. The SMILES string of the molecule is O=C(NCCCn1cccn1)[C@@H]1COc2ccc(Cl)cc2C1. The molecule has 22 heavy (non-hydrogen) atoms. The van der Waals surface area contributed by atoms with Crippen LogP contribution in [0, 0.1) is 5.92 Å². The number of amides is 1. The lowest BCUT2D eigenvalue weighted by atomic mass is 9.96. The van der Waals surface area contributed by atoms with Gasteiger partial charge in [0.15, 0.2) is 0 Å². The summed E-state index contributed by atoms with van der Waals surface area (Å²) in [5.74, 6) is 0.703. The maximum atomic E-state index is 12.2. The molecule has 0 unspecified atom stereocenters. The number of carbonyl (C=O) groups excluding carboxylic acids is 1. The van der Waals surface area contributed by atoms with Crippen LogP contribution >= 0.6 is 11.6 Å². The monoisotopic (exact) mass is 319 g/mol. The molecular formula is C16H18ClN3O2. The van der Waals surface area contributed by atoms with Gasteiger partial charge in [0.25, 0.3) is 0 Å². The van der Waals surface area contributed by atoms with Gasteiger partial charge in [0.2, 0.25) is 5.91 Å². The highest BCUT2D eigenvalue weighted by molar-refractivity contribution is 6.30. The van der Waals surface area contributed by atoms with Gasteiger partial charge in [-0.3, -0.25) is 9.48 Å². The number of nitrogens with one attached hydrogen (secondary N) is 1. The van der Waals surface area contributed by atoms with Crippen molar-refractivity contribution in [1.29, 1.82) is 0 Å². The molecule has 0 bridgehead atoms. The van der Waals surface area contributed by atoms with Gasteiger partial charge in [-0.1, -0.05) is 11.6 Å². The Kier molecular flexibility index (Phi) is 4.63. The lowest BCUT2D eigenvalue weighted by molar-refractivity contribution is -0.126. The summed E-state index contributed by atoms with van der Waals surface area (Å²) in [6, 6.07) is 7.42. The van der Waals surface area contributed by atoms with Crippen LogP contribution in [0.3, 0.4) is 0 Å². The van der Waals surface area contributed by atoms with E-state index >= 15 is 0 Å². The summed E-state index contributed by atoms with van der Waals surface area (Å²) in [5, 5.41) is 7.76. The van der Waals surface area contributed by atoms with E-state index in [-0.39, 0.29) is 11.8 Å². The van der Waals surface area contributed by atoms with Crippen LogP contribution in [0.2, 0.25) is 5.02 Å². The van der Waals surface area contributed by atoms with Crippen molar-refractivity contribution < 1.29 is 9.53 Å². The van der Waals surface area contributed by atoms with Crippen molar-refractivity contribution in [2.24, 2.45) is 5.92 Å². The average Bonchev–Trinajstić information content (AvgIpc) is 3.04. The first-order chi connectivity index (χ1) is 10.7. The van der Waals surface area contributed by atoms with E-state index in [1.165, 1.54) is 0 Å². The molecule has 2 heterocycles. The van der Waals surface area contributed by atoms with Crippen molar-refractivity contribution in [3.05, 3.63) is 47.2 Å². The Balaban J connectivity index is 1.47. The van der Waals surface area contributed by atoms with E-state index in [9.17, 15) is 4.79 Å². The van der Waals surface area contributed by atoms with Gasteiger partial charge in [-0.25, -0.2) is 0 Å². The van der Waals surface area contributed by atoms with Crippen LogP contribution in [0.4, 0.5) is 0 Å². The van der Waals surface area contributed by atoms with E-state index in [4.69, 9.17) is 16.3 Å². The summed E-state index contributed by atoms with van der Waals surface area (Å²) in [6.45, 7) is 1.85. The molecule has 0 radical (unpaired) electrons. The summed E-state index contributed by atoms with van der Waals surface area (Å²) >= 11 is 5.99. The number of carbonyl (C=O) groups is 1. The van der Waals surface area contributed by atoms with Gasteiger partial charge < -0.3 is 10.1 Å². The van der Waals surface area contributed by atoms with Crippen LogP contribution in [0.25, 0.3) is 0 Å². The highest BCUT2D eigenvalue weighted by Crippen LogP contribution is 2.29. The number of aromatic nitrogens is 2. The molecule has 3 rings (SSSR count). The number of benzene rings is 1. The topological polar surface area (TPSA) is 56.2 Å². The fourth-order valence-corrected chi connectivity index (χ4v) is 2.76. The normalized spacial score (nSPS) is 16.7. The Morgan fingerprint density at radius 2 is 2.41 bits per heavy atom. The summed E-state index contributed by atoms with van der Waals surface area (Å²) < 4.78 is 7.50. The van der Waals surface area contributed by atoms with Crippen LogP contribution in [0.1, 0.15) is 12.0 Å². The van der Waals surface area contributed by atoms with E-state index < -0.39 is 0 Å². The second kappa shape index (κ2) is 6.83. The largest absolute Gasteiger partial charge is 0.492 e. The minimum atomic E-state index is -0.157. The molecule has 1 N–H and O–H groups in total. The van der Waals surface area contributed by atoms with Gasteiger partial charge >= 0.3 is 0 Å². The quantitative estimate of drug-likeness (QED) is 0.860. The van der Waals surface area contributed by atoms with E-state index in [1.807, 2.05) is 29.1 Å². The molecule has 0 aliphatic carbocycles. The van der Waals surface area contributed by atoms with Crippen LogP contribution in [0.5, 0.6) is 5.75 Å². The van der Waals surface area contributed by atoms with Crippen LogP contribution in [-0.4, -0.2) is 28.8 Å². The van der Waals surface area contributed by atoms with Gasteiger partial charge in [0.05, 0.1) is 5.92 Å². The first-order valence-corrected chi connectivity index (χ1v) is 7.76. The summed E-state index contributed by atoms with van der Waals surface area (Å²) in [5.41, 5.74) is 0.996. The fraction of sp³-hybridized carbons (Fsp3) is 0.375. The molecule has 1 aliphatic rings. The minimum absolute atomic E-state index is 0.0334. The van der Waals surface area contributed by atoms with E-state index in [2.05, 4.69) is 10.4 Å². The molecule has 0 spiro atoms. The number of halogens is 1. The number of hydrogen-bond acceptors (Lipinski definition) is 3. The second-order valence-electron chi connectivity index (χ2n) is 5.38. The van der Waals surface area contributed by atoms with Crippen LogP contribution in [-0.2, 0) is 17.8 Å². The maximum Gasteiger partial charge on any atom is 0.226 e. The lowest BCUT2D eigenvalue weighted by Gasteiger charge is -2.24. The van der Waals surface area contributed by atoms with Crippen LogP contribution in [0.15, 0.2) is 36.7 Å². The van der Waals surface area contributed by atoms with Crippen molar-refractivity contribution in [3.63, 3.8) is 0 Å². The zero-order valence-electron chi connectivity index (χ0n) is 12.2. The summed E-state index contributed by atoms with van der Waals surface area (Å²) in [4.78, 5) is 12.2. The van der Waals surface area contributed by atoms with Gasteiger partial charge in [0.1, 0.15) is 12.4 Å². The Morgan fingerprint density at radius 1 is 1.50 bits per heavy atom. The Morgan fingerprint density at radius 3 is 3.23 bits per heavy atom. The van der Waals surface area contributed by atoms with Crippen molar-refractivity contribution in [2.75, 3.05) is 13.2 Å². The first-order valence-electron chi connectivity index (χ1n) is 7.39. The number of nitrogens with zero attached hydrogens (tertiary/aromatic N) is 2. The molecule has 1 aliphatic heterocycles. The molecule has 1 amide bonds. The molecule has 5 nitrogen and oxygen atoms in total. The molecule has 6 heteroatoms. The highest BCUT2D eigenvalue weighted by Gasteiger charge is 2.25. The highest BCUT2D eigenvalue weighted by atomic mass is 35.5. The molecule has 116 valence electrons. The molecule has 1 atom stereocenters. The Hall–Kier alpha value is -2.01. The second-order valence-corrected chi connectivity index (χ2v) is 5.81. The van der Waals surface area contributed by atoms with E-state index in [0.29, 0.717) is 24.6 Å². The third-order valence-corrected chi connectivity index (χ3v) is 3.96. The van der Waals surface area contributed by atoms with Gasteiger partial charge in [0, 0.05) is 30.5 Å². The predicted octanol–water partition coefficient (Wildman–Crippen LogP) is 2.29. The summed E-state index contributed by atoms with van der Waals surface area (Å²) in [7, 11) is 0. The number of ether oxygens (including phenoxy) is 1. The molecule has 0 saturated carbocycles. The van der Waals surface area contributed by atoms with Crippen molar-refractivity contribution in [2.45, 2.75) is 19.4 Å². The molecule has 0 fully saturated rings. The number of rotatable bonds is 5. The number of fused-ring (bicyclic) bond motifs is 1. The molecule has 0 saturated heterocycles. The van der Waals surface area contributed by atoms with E-state index in [0.717, 1.165) is 24.3 Å². The van der Waals surface area contributed by atoms with Gasteiger partial charge in [-0.15, -0.1) is 0 Å². The standard InChI is InChI=1S/C16H18ClN3O2/c17-14-3-4-15-12(10-14)9-13(11-22-15)16(21)18-5-1-7-20-8-2-6-19-20/h2-4,6,8,10,13H,1,5,7,9,11H2,(H,18,21)/t13-/m0/s1. The summed E-state index contributed by atoms with van der Waals surface area (Å²) in [6.07, 6.45) is 5.18. The third-order valence-electron chi connectivity index (χ3n) is 3.72. The number of aryl methyl sites for hydroxylation is 1. The van der Waals surface area contributed by atoms with Gasteiger partial charge in [-0.2, -0.15) is 5.10 Å². The first kappa shape index (κ1) is 14.9. The van der Waals surface area contributed by atoms with Crippen LogP contribution < -0.4 is 10.1 Å². The number of hydrogen-bond donors (Lipinski definition) is 1. The smallest absolute Gasteiger partial charge is 0.226 e. The molecular weight excluding hydrogens is 302 g/mol. The van der Waals surface area contributed by atoms with Crippen molar-refractivity contribution in [1.82, 2.24) is 15.1 Å². The average molecular weight is 320 g/mol. The van der Waals surface area contributed by atoms with E-state index in [1.54, 1.807) is 12.3 Å². The Labute approximate surface area is 134 Å². The minimum Gasteiger partial charge on any atom is -0.492 e. The zero-order valence-corrected chi connectivity index (χ0v) is 12.9.